The molecule has 1 aromatic carbocycles. The first kappa shape index (κ1) is 22.4. The van der Waals surface area contributed by atoms with Crippen LogP contribution in [0.25, 0.3) is 10.6 Å². The number of nitrogens with zero attached hydrogens (tertiary/aromatic N) is 1. The smallest absolute Gasteiger partial charge is 0.145 e. The number of ether oxygens (including phenoxy) is 1. The summed E-state index contributed by atoms with van der Waals surface area (Å²) in [6, 6.07) is 8.86. The number of hydrogen-bond acceptors (Lipinski definition) is 8. The maximum atomic E-state index is 10.5. The van der Waals surface area contributed by atoms with Crippen LogP contribution < -0.4 is 0 Å². The molecule has 0 bridgehead atoms. The van der Waals surface area contributed by atoms with E-state index in [2.05, 4.69) is 4.98 Å². The Bertz CT molecular complexity index is 1030. The molecule has 0 spiro atoms. The van der Waals surface area contributed by atoms with Gasteiger partial charge < -0.3 is 29.6 Å². The standard InChI is InChI=1S/C22H24ClNO6S/c1-22(2,28)21-19(27)17(25)18(26)20(30-21)11-5-6-13(23)12(8-11)9-16-24-10-15(31-16)14-4-3-7-29-14/h3-8,10,17-21,25-28H,9H2,1-2H3. The number of aliphatic hydroxyl groups excluding tert-OH is 3. The molecule has 1 saturated heterocycles. The molecule has 4 N–H and O–H groups in total. The van der Waals surface area contributed by atoms with Gasteiger partial charge in [0.25, 0.3) is 0 Å². The largest absolute Gasteiger partial charge is 0.463 e. The number of thiazole rings is 1. The van der Waals surface area contributed by atoms with Gasteiger partial charge in [-0.3, -0.25) is 0 Å². The lowest BCUT2D eigenvalue weighted by Crippen LogP contribution is -2.60. The minimum atomic E-state index is -1.47. The minimum Gasteiger partial charge on any atom is -0.463 e. The first-order valence-corrected chi connectivity index (χ1v) is 11.0. The summed E-state index contributed by atoms with van der Waals surface area (Å²) in [5.41, 5.74) is -0.0670. The van der Waals surface area contributed by atoms with E-state index in [1.807, 2.05) is 12.1 Å². The highest BCUT2D eigenvalue weighted by molar-refractivity contribution is 7.15. The molecule has 5 atom stereocenters. The van der Waals surface area contributed by atoms with Crippen LogP contribution in [0.5, 0.6) is 0 Å². The Kier molecular flexibility index (Phi) is 6.24. The number of benzene rings is 1. The van der Waals surface area contributed by atoms with Crippen molar-refractivity contribution in [3.05, 3.63) is 63.9 Å². The van der Waals surface area contributed by atoms with E-state index in [-0.39, 0.29) is 0 Å². The second kappa shape index (κ2) is 8.63. The first-order valence-electron chi connectivity index (χ1n) is 9.84. The topological polar surface area (TPSA) is 116 Å². The van der Waals surface area contributed by atoms with E-state index in [4.69, 9.17) is 20.8 Å². The molecule has 2 aromatic heterocycles. The predicted molar refractivity (Wildman–Crippen MR) is 116 cm³/mol. The van der Waals surface area contributed by atoms with Crippen LogP contribution in [0, 0.1) is 0 Å². The molecule has 9 heteroatoms. The second-order valence-electron chi connectivity index (χ2n) is 8.23. The Morgan fingerprint density at radius 2 is 1.90 bits per heavy atom. The van der Waals surface area contributed by atoms with Crippen molar-refractivity contribution < 1.29 is 29.6 Å². The van der Waals surface area contributed by atoms with Gasteiger partial charge in [-0.15, -0.1) is 11.3 Å². The van der Waals surface area contributed by atoms with Gasteiger partial charge in [-0.2, -0.15) is 0 Å². The zero-order chi connectivity index (χ0) is 22.3. The van der Waals surface area contributed by atoms with Crippen molar-refractivity contribution in [3.63, 3.8) is 0 Å². The maximum Gasteiger partial charge on any atom is 0.145 e. The van der Waals surface area contributed by atoms with E-state index in [0.29, 0.717) is 17.0 Å². The summed E-state index contributed by atoms with van der Waals surface area (Å²) >= 11 is 7.90. The monoisotopic (exact) mass is 465 g/mol. The van der Waals surface area contributed by atoms with Gasteiger partial charge in [0.2, 0.25) is 0 Å². The second-order valence-corrected chi connectivity index (χ2v) is 9.75. The van der Waals surface area contributed by atoms with Gasteiger partial charge >= 0.3 is 0 Å². The van der Waals surface area contributed by atoms with Gasteiger partial charge in [-0.1, -0.05) is 23.7 Å². The molecule has 31 heavy (non-hydrogen) atoms. The van der Waals surface area contributed by atoms with Crippen LogP contribution in [0.3, 0.4) is 0 Å². The Balaban J connectivity index is 1.60. The highest BCUT2D eigenvalue weighted by Gasteiger charge is 2.49. The van der Waals surface area contributed by atoms with Gasteiger partial charge in [0, 0.05) is 17.6 Å². The molecule has 0 saturated carbocycles. The van der Waals surface area contributed by atoms with Crippen molar-refractivity contribution >= 4 is 22.9 Å². The lowest BCUT2D eigenvalue weighted by atomic mass is 9.85. The van der Waals surface area contributed by atoms with Crippen LogP contribution in [-0.4, -0.2) is 55.4 Å². The van der Waals surface area contributed by atoms with Crippen molar-refractivity contribution in [2.24, 2.45) is 0 Å². The van der Waals surface area contributed by atoms with Gasteiger partial charge in [-0.05, 0) is 43.2 Å². The van der Waals surface area contributed by atoms with Gasteiger partial charge in [0.15, 0.2) is 0 Å². The average molecular weight is 466 g/mol. The Morgan fingerprint density at radius 3 is 2.58 bits per heavy atom. The third-order valence-electron chi connectivity index (χ3n) is 5.37. The average Bonchev–Trinajstić information content (AvgIpc) is 3.39. The van der Waals surface area contributed by atoms with Crippen LogP contribution in [0.4, 0.5) is 0 Å². The number of aromatic nitrogens is 1. The van der Waals surface area contributed by atoms with Crippen LogP contribution in [0.1, 0.15) is 36.1 Å². The van der Waals surface area contributed by atoms with Crippen LogP contribution >= 0.6 is 22.9 Å². The predicted octanol–water partition coefficient (Wildman–Crippen LogP) is 2.94. The van der Waals surface area contributed by atoms with Crippen molar-refractivity contribution in [2.75, 3.05) is 0 Å². The molecule has 0 radical (unpaired) electrons. The van der Waals surface area contributed by atoms with E-state index in [1.165, 1.54) is 25.2 Å². The Labute approximate surface area is 188 Å². The summed E-state index contributed by atoms with van der Waals surface area (Å²) in [5.74, 6) is 0.743. The molecule has 3 heterocycles. The summed E-state index contributed by atoms with van der Waals surface area (Å²) < 4.78 is 11.3. The van der Waals surface area contributed by atoms with E-state index in [1.54, 1.807) is 30.7 Å². The number of aliphatic hydroxyl groups is 4. The van der Waals surface area contributed by atoms with Crippen molar-refractivity contribution in [1.82, 2.24) is 4.98 Å². The van der Waals surface area contributed by atoms with Crippen LogP contribution in [0.15, 0.2) is 47.2 Å². The fourth-order valence-electron chi connectivity index (χ4n) is 3.73. The summed E-state index contributed by atoms with van der Waals surface area (Å²) in [6.45, 7) is 2.96. The van der Waals surface area contributed by atoms with Crippen LogP contribution in [0.2, 0.25) is 5.02 Å². The molecule has 1 fully saturated rings. The zero-order valence-electron chi connectivity index (χ0n) is 17.0. The van der Waals surface area contributed by atoms with Crippen molar-refractivity contribution in [3.8, 4) is 10.6 Å². The Morgan fingerprint density at radius 1 is 1.13 bits per heavy atom. The zero-order valence-corrected chi connectivity index (χ0v) is 18.5. The quantitative estimate of drug-likeness (QED) is 0.457. The fourth-order valence-corrected chi connectivity index (χ4v) is 4.83. The van der Waals surface area contributed by atoms with E-state index < -0.39 is 36.1 Å². The Hall–Kier alpha value is -1.78. The SMILES string of the molecule is CC(C)(O)C1OC(c2ccc(Cl)c(Cc3ncc(-c4ccco4)s3)c2)C(O)C(O)C1O. The highest BCUT2D eigenvalue weighted by atomic mass is 35.5. The molecule has 0 amide bonds. The third-order valence-corrected chi connectivity index (χ3v) is 6.75. The third kappa shape index (κ3) is 4.56. The molecule has 166 valence electrons. The fraction of sp³-hybridized carbons (Fsp3) is 0.409. The maximum absolute atomic E-state index is 10.5. The molecule has 4 rings (SSSR count). The molecule has 7 nitrogen and oxygen atoms in total. The van der Waals surface area contributed by atoms with E-state index in [0.717, 1.165) is 21.2 Å². The summed E-state index contributed by atoms with van der Waals surface area (Å²) in [7, 11) is 0. The normalized spacial score (nSPS) is 26.9. The van der Waals surface area contributed by atoms with Crippen LogP contribution in [-0.2, 0) is 11.2 Å². The minimum absolute atomic E-state index is 0.459. The summed E-state index contributed by atoms with van der Waals surface area (Å²) in [5, 5.41) is 42.8. The molecular weight excluding hydrogens is 442 g/mol. The first-order chi connectivity index (χ1) is 14.6. The van der Waals surface area contributed by atoms with Crippen molar-refractivity contribution in [2.45, 2.75) is 56.4 Å². The van der Waals surface area contributed by atoms with E-state index >= 15 is 0 Å². The summed E-state index contributed by atoms with van der Waals surface area (Å²) in [4.78, 5) is 5.35. The van der Waals surface area contributed by atoms with E-state index in [9.17, 15) is 20.4 Å². The number of hydrogen-bond donors (Lipinski definition) is 4. The number of halogens is 1. The molecule has 0 aliphatic carbocycles. The summed E-state index contributed by atoms with van der Waals surface area (Å²) in [6.07, 6.45) is -2.47. The molecule has 3 aromatic rings. The number of furan rings is 1. The lowest BCUT2D eigenvalue weighted by Gasteiger charge is -2.45. The number of rotatable bonds is 5. The lowest BCUT2D eigenvalue weighted by molar-refractivity contribution is -0.261. The van der Waals surface area contributed by atoms with Gasteiger partial charge in [0.1, 0.15) is 36.3 Å². The molecule has 1 aliphatic rings. The molecule has 5 unspecified atom stereocenters. The molecule has 1 aliphatic heterocycles. The van der Waals surface area contributed by atoms with Gasteiger partial charge in [0.05, 0.1) is 21.7 Å². The molecular formula is C22H24ClNO6S. The van der Waals surface area contributed by atoms with Gasteiger partial charge in [-0.25, -0.2) is 4.98 Å². The van der Waals surface area contributed by atoms with Crippen molar-refractivity contribution in [1.29, 1.82) is 0 Å². The highest BCUT2D eigenvalue weighted by Crippen LogP contribution is 2.38.